The van der Waals surface area contributed by atoms with Crippen LogP contribution in [0.15, 0.2) is 28.8 Å². The number of hydrogen-bond acceptors (Lipinski definition) is 4. The summed E-state index contributed by atoms with van der Waals surface area (Å²) in [5, 5.41) is 7.02. The van der Waals surface area contributed by atoms with Gasteiger partial charge in [0.05, 0.1) is 5.69 Å². The van der Waals surface area contributed by atoms with Gasteiger partial charge >= 0.3 is 0 Å². The highest BCUT2D eigenvalue weighted by atomic mass is 16.5. The van der Waals surface area contributed by atoms with E-state index in [0.29, 0.717) is 19.4 Å². The van der Waals surface area contributed by atoms with Gasteiger partial charge in [0.25, 0.3) is 0 Å². The van der Waals surface area contributed by atoms with Gasteiger partial charge in [-0.2, -0.15) is 0 Å². The molecule has 2 aromatic rings. The summed E-state index contributed by atoms with van der Waals surface area (Å²) in [6, 6.07) is 8.10. The number of amides is 1. The van der Waals surface area contributed by atoms with Crippen LogP contribution in [0.3, 0.4) is 0 Å². The predicted octanol–water partition coefficient (Wildman–Crippen LogP) is 3.69. The number of benzene rings is 1. The lowest BCUT2D eigenvalue weighted by atomic mass is 9.84. The molecule has 5 heteroatoms. The van der Waals surface area contributed by atoms with E-state index in [1.165, 1.54) is 5.56 Å². The average Bonchev–Trinajstić information content (AvgIpc) is 2.88. The summed E-state index contributed by atoms with van der Waals surface area (Å²) in [6.45, 7) is 8.60. The molecular formula is C20H26N2O3. The molecule has 25 heavy (non-hydrogen) atoms. The summed E-state index contributed by atoms with van der Waals surface area (Å²) in [5.41, 5.74) is 2.85. The highest BCUT2D eigenvalue weighted by Crippen LogP contribution is 2.40. The number of carbonyl (C=O) groups is 1. The van der Waals surface area contributed by atoms with Crippen molar-refractivity contribution in [3.05, 3.63) is 46.8 Å². The first-order chi connectivity index (χ1) is 11.9. The van der Waals surface area contributed by atoms with Crippen molar-refractivity contribution < 1.29 is 14.1 Å². The van der Waals surface area contributed by atoms with Crippen LogP contribution in [-0.2, 0) is 11.2 Å². The summed E-state index contributed by atoms with van der Waals surface area (Å²) >= 11 is 0. The van der Waals surface area contributed by atoms with Gasteiger partial charge in [-0.05, 0) is 52.2 Å². The van der Waals surface area contributed by atoms with Gasteiger partial charge in [0.1, 0.15) is 17.1 Å². The zero-order chi connectivity index (χ0) is 18.0. The molecule has 1 N–H and O–H groups in total. The maximum Gasteiger partial charge on any atom is 0.220 e. The number of fused-ring (bicyclic) bond motifs is 1. The van der Waals surface area contributed by atoms with E-state index < -0.39 is 0 Å². The quantitative estimate of drug-likeness (QED) is 0.900. The van der Waals surface area contributed by atoms with E-state index in [4.69, 9.17) is 9.26 Å². The Balaban J connectivity index is 1.58. The molecule has 0 fully saturated rings. The van der Waals surface area contributed by atoms with Crippen molar-refractivity contribution in [2.45, 2.75) is 58.5 Å². The molecule has 5 nitrogen and oxygen atoms in total. The third kappa shape index (κ3) is 4.03. The van der Waals surface area contributed by atoms with Crippen LogP contribution >= 0.6 is 0 Å². The molecule has 0 spiro atoms. The number of aryl methyl sites for hydroxylation is 2. The van der Waals surface area contributed by atoms with Crippen molar-refractivity contribution in [1.29, 1.82) is 0 Å². The van der Waals surface area contributed by atoms with E-state index in [1.807, 2.05) is 32.0 Å². The van der Waals surface area contributed by atoms with Gasteiger partial charge in [-0.3, -0.25) is 4.79 Å². The fourth-order valence-corrected chi connectivity index (χ4v) is 3.56. The van der Waals surface area contributed by atoms with E-state index in [2.05, 4.69) is 30.4 Å². The van der Waals surface area contributed by atoms with E-state index in [1.54, 1.807) is 0 Å². The molecular weight excluding hydrogens is 316 g/mol. The maximum absolute atomic E-state index is 12.3. The third-order valence-corrected chi connectivity index (χ3v) is 4.81. The van der Waals surface area contributed by atoms with Crippen LogP contribution in [-0.4, -0.2) is 23.2 Å². The lowest BCUT2D eigenvalue weighted by Crippen LogP contribution is -2.39. The van der Waals surface area contributed by atoms with Crippen LogP contribution < -0.4 is 10.1 Å². The number of nitrogens with one attached hydrogen (secondary N) is 1. The predicted molar refractivity (Wildman–Crippen MR) is 95.8 cm³/mol. The molecule has 1 aromatic heterocycles. The Morgan fingerprint density at radius 1 is 1.32 bits per heavy atom. The van der Waals surface area contributed by atoms with Gasteiger partial charge in [0.2, 0.25) is 5.91 Å². The first-order valence-electron chi connectivity index (χ1n) is 8.82. The number of hydrogen-bond donors (Lipinski definition) is 1. The summed E-state index contributed by atoms with van der Waals surface area (Å²) in [7, 11) is 0. The van der Waals surface area contributed by atoms with Crippen molar-refractivity contribution in [2.24, 2.45) is 0 Å². The van der Waals surface area contributed by atoms with Gasteiger partial charge < -0.3 is 14.6 Å². The van der Waals surface area contributed by atoms with Crippen LogP contribution in [0.1, 0.15) is 55.2 Å². The second kappa shape index (κ2) is 6.90. The van der Waals surface area contributed by atoms with Crippen molar-refractivity contribution in [1.82, 2.24) is 10.5 Å². The van der Waals surface area contributed by atoms with Crippen LogP contribution in [0.4, 0.5) is 0 Å². The minimum Gasteiger partial charge on any atom is -0.488 e. The molecule has 1 aliphatic rings. The van der Waals surface area contributed by atoms with Gasteiger partial charge in [-0.15, -0.1) is 0 Å². The normalized spacial score (nSPS) is 18.3. The van der Waals surface area contributed by atoms with Crippen LogP contribution in [0.5, 0.6) is 5.75 Å². The summed E-state index contributed by atoms with van der Waals surface area (Å²) < 4.78 is 11.2. The Bertz CT molecular complexity index is 745. The molecule has 1 aromatic carbocycles. The maximum atomic E-state index is 12.3. The Morgan fingerprint density at radius 2 is 2.08 bits per heavy atom. The first-order valence-corrected chi connectivity index (χ1v) is 8.82. The fourth-order valence-electron chi connectivity index (χ4n) is 3.56. The summed E-state index contributed by atoms with van der Waals surface area (Å²) in [4.78, 5) is 12.3. The number of para-hydroxylation sites is 1. The molecule has 3 rings (SSSR count). The van der Waals surface area contributed by atoms with Gasteiger partial charge in [0.15, 0.2) is 0 Å². The van der Waals surface area contributed by atoms with Crippen LogP contribution in [0, 0.1) is 13.8 Å². The molecule has 0 saturated heterocycles. The van der Waals surface area contributed by atoms with E-state index >= 15 is 0 Å². The molecule has 1 amide bonds. The van der Waals surface area contributed by atoms with E-state index in [-0.39, 0.29) is 17.4 Å². The average molecular weight is 342 g/mol. The second-order valence-corrected chi connectivity index (χ2v) is 7.41. The Hall–Kier alpha value is -2.30. The zero-order valence-electron chi connectivity index (χ0n) is 15.4. The smallest absolute Gasteiger partial charge is 0.220 e. The third-order valence-electron chi connectivity index (χ3n) is 4.81. The Labute approximate surface area is 148 Å². The summed E-state index contributed by atoms with van der Waals surface area (Å²) in [6.07, 6.45) is 1.98. The largest absolute Gasteiger partial charge is 0.488 e. The van der Waals surface area contributed by atoms with E-state index in [0.717, 1.165) is 29.2 Å². The van der Waals surface area contributed by atoms with Gasteiger partial charge in [0, 0.05) is 24.4 Å². The van der Waals surface area contributed by atoms with Crippen molar-refractivity contribution in [3.8, 4) is 5.75 Å². The second-order valence-electron chi connectivity index (χ2n) is 7.41. The minimum atomic E-state index is -0.222. The molecule has 134 valence electrons. The summed E-state index contributed by atoms with van der Waals surface area (Å²) in [5.74, 6) is 2.05. The number of aromatic nitrogens is 1. The van der Waals surface area contributed by atoms with E-state index in [9.17, 15) is 4.79 Å². The first kappa shape index (κ1) is 17.5. The van der Waals surface area contributed by atoms with Crippen LogP contribution in [0.25, 0.3) is 0 Å². The number of rotatable bonds is 5. The SMILES string of the molecule is Cc1noc(C)c1CCC(=O)NCC1CC(C)(C)Oc2ccccc21. The Kier molecular flexibility index (Phi) is 4.84. The Morgan fingerprint density at radius 3 is 2.80 bits per heavy atom. The molecule has 1 aliphatic heterocycles. The monoisotopic (exact) mass is 342 g/mol. The lowest BCUT2D eigenvalue weighted by Gasteiger charge is -2.37. The fraction of sp³-hybridized carbons (Fsp3) is 0.500. The minimum absolute atomic E-state index is 0.0572. The number of nitrogens with zero attached hydrogens (tertiary/aromatic N) is 1. The highest BCUT2D eigenvalue weighted by molar-refractivity contribution is 5.76. The van der Waals surface area contributed by atoms with Crippen molar-refractivity contribution in [2.75, 3.05) is 6.54 Å². The van der Waals surface area contributed by atoms with Crippen LogP contribution in [0.2, 0.25) is 0 Å². The lowest BCUT2D eigenvalue weighted by molar-refractivity contribution is -0.121. The number of carbonyl (C=O) groups excluding carboxylic acids is 1. The molecule has 1 atom stereocenters. The van der Waals surface area contributed by atoms with Gasteiger partial charge in [-0.1, -0.05) is 23.4 Å². The molecule has 0 radical (unpaired) electrons. The topological polar surface area (TPSA) is 64.4 Å². The number of ether oxygens (including phenoxy) is 1. The van der Waals surface area contributed by atoms with Crippen molar-refractivity contribution >= 4 is 5.91 Å². The molecule has 0 bridgehead atoms. The standard InChI is InChI=1S/C20H26N2O3/c1-13-16(14(2)25-22-13)9-10-19(23)21-12-15-11-20(3,4)24-18-8-6-5-7-17(15)18/h5-8,15H,9-12H2,1-4H3,(H,21,23). The van der Waals surface area contributed by atoms with Crippen molar-refractivity contribution in [3.63, 3.8) is 0 Å². The highest BCUT2D eigenvalue weighted by Gasteiger charge is 2.33. The zero-order valence-corrected chi connectivity index (χ0v) is 15.4. The van der Waals surface area contributed by atoms with Gasteiger partial charge in [-0.25, -0.2) is 0 Å². The molecule has 2 heterocycles. The molecule has 0 saturated carbocycles. The molecule has 0 aliphatic carbocycles. The molecule has 1 unspecified atom stereocenters.